The number of amides is 1. The lowest BCUT2D eigenvalue weighted by Crippen LogP contribution is -2.57. The number of hydrogen-bond acceptors (Lipinski definition) is 3. The maximum absolute atomic E-state index is 12.7. The highest BCUT2D eigenvalue weighted by molar-refractivity contribution is 5.95. The van der Waals surface area contributed by atoms with Crippen LogP contribution in [-0.4, -0.2) is 41.1 Å². The molecule has 2 N–H and O–H groups in total. The van der Waals surface area contributed by atoms with Crippen molar-refractivity contribution in [1.82, 2.24) is 10.2 Å². The Balaban J connectivity index is 2.22. The number of phenolic OH excluding ortho intramolecular Hbond substituents is 1. The van der Waals surface area contributed by atoms with E-state index in [4.69, 9.17) is 0 Å². The Morgan fingerprint density at radius 2 is 2.15 bits per heavy atom. The van der Waals surface area contributed by atoms with E-state index in [1.54, 1.807) is 18.2 Å². The van der Waals surface area contributed by atoms with E-state index in [2.05, 4.69) is 19.2 Å². The number of nitrogens with zero attached hydrogens (tertiary/aromatic N) is 1. The van der Waals surface area contributed by atoms with Crippen LogP contribution in [-0.2, 0) is 0 Å². The zero-order valence-corrected chi connectivity index (χ0v) is 12.5. The number of benzene rings is 1. The minimum Gasteiger partial charge on any atom is -0.508 e. The van der Waals surface area contributed by atoms with Crippen LogP contribution < -0.4 is 5.32 Å². The number of phenols is 1. The van der Waals surface area contributed by atoms with Gasteiger partial charge in [-0.05, 0) is 37.5 Å². The summed E-state index contributed by atoms with van der Waals surface area (Å²) in [5, 5.41) is 13.3. The van der Waals surface area contributed by atoms with E-state index in [0.717, 1.165) is 31.5 Å². The van der Waals surface area contributed by atoms with Crippen LogP contribution in [0.2, 0.25) is 0 Å². The van der Waals surface area contributed by atoms with Crippen molar-refractivity contribution < 1.29 is 9.90 Å². The first-order chi connectivity index (χ1) is 9.56. The second-order valence-electron chi connectivity index (χ2n) is 5.53. The minimum atomic E-state index is 0.0205. The van der Waals surface area contributed by atoms with Gasteiger partial charge in [0.2, 0.25) is 0 Å². The third-order valence-corrected chi connectivity index (χ3v) is 4.18. The fraction of sp³-hybridized carbons (Fsp3) is 0.562. The molecule has 1 aromatic rings. The molecule has 1 aliphatic rings. The number of rotatable bonds is 3. The summed E-state index contributed by atoms with van der Waals surface area (Å²) in [6, 6.07) is 5.76. The summed E-state index contributed by atoms with van der Waals surface area (Å²) >= 11 is 0. The number of aryl methyl sites for hydroxylation is 1. The Morgan fingerprint density at radius 3 is 2.75 bits per heavy atom. The first kappa shape index (κ1) is 14.9. The first-order valence-electron chi connectivity index (χ1n) is 7.40. The van der Waals surface area contributed by atoms with Gasteiger partial charge in [0, 0.05) is 30.7 Å². The highest BCUT2D eigenvalue weighted by Gasteiger charge is 2.30. The van der Waals surface area contributed by atoms with E-state index in [1.165, 1.54) is 0 Å². The third-order valence-electron chi connectivity index (χ3n) is 4.18. The van der Waals surface area contributed by atoms with Crippen LogP contribution in [0.15, 0.2) is 18.2 Å². The van der Waals surface area contributed by atoms with E-state index in [-0.39, 0.29) is 17.7 Å². The van der Waals surface area contributed by atoms with Gasteiger partial charge < -0.3 is 15.3 Å². The smallest absolute Gasteiger partial charge is 0.254 e. The Labute approximate surface area is 120 Å². The van der Waals surface area contributed by atoms with E-state index >= 15 is 0 Å². The standard InChI is InChI=1S/C16H24N2O2/c1-4-13-10-18(14(5-2)9-17-13)16(20)12-7-6-11(3)15(19)8-12/h6-8,13-14,17,19H,4-5,9-10H2,1-3H3. The maximum atomic E-state index is 12.7. The predicted octanol–water partition coefficient (Wildman–Crippen LogP) is 2.30. The second-order valence-corrected chi connectivity index (χ2v) is 5.53. The molecule has 0 spiro atoms. The Hall–Kier alpha value is -1.55. The predicted molar refractivity (Wildman–Crippen MR) is 80.0 cm³/mol. The molecule has 1 aliphatic heterocycles. The van der Waals surface area contributed by atoms with Crippen molar-refractivity contribution in [3.8, 4) is 5.75 Å². The molecule has 0 aromatic heterocycles. The number of aromatic hydroxyl groups is 1. The van der Waals surface area contributed by atoms with Crippen LogP contribution >= 0.6 is 0 Å². The fourth-order valence-corrected chi connectivity index (χ4v) is 2.66. The summed E-state index contributed by atoms with van der Waals surface area (Å²) in [4.78, 5) is 14.6. The van der Waals surface area contributed by atoms with Crippen molar-refractivity contribution in [2.45, 2.75) is 45.7 Å². The largest absolute Gasteiger partial charge is 0.508 e. The third kappa shape index (κ3) is 2.96. The lowest BCUT2D eigenvalue weighted by molar-refractivity contribution is 0.0575. The molecule has 2 atom stereocenters. The molecular weight excluding hydrogens is 252 g/mol. The second kappa shape index (κ2) is 6.27. The van der Waals surface area contributed by atoms with Gasteiger partial charge in [-0.1, -0.05) is 19.9 Å². The molecule has 1 saturated heterocycles. The number of nitrogens with one attached hydrogen (secondary N) is 1. The van der Waals surface area contributed by atoms with Crippen LogP contribution in [0.3, 0.4) is 0 Å². The van der Waals surface area contributed by atoms with Crippen LogP contribution in [0.1, 0.15) is 42.6 Å². The quantitative estimate of drug-likeness (QED) is 0.890. The number of carbonyl (C=O) groups is 1. The normalized spacial score (nSPS) is 22.9. The number of piperazine rings is 1. The molecule has 2 rings (SSSR count). The molecule has 0 saturated carbocycles. The summed E-state index contributed by atoms with van der Waals surface area (Å²) in [5.41, 5.74) is 1.36. The summed E-state index contributed by atoms with van der Waals surface area (Å²) in [7, 11) is 0. The molecule has 4 nitrogen and oxygen atoms in total. The van der Waals surface area contributed by atoms with Gasteiger partial charge in [-0.15, -0.1) is 0 Å². The Kier molecular flexibility index (Phi) is 4.65. The van der Waals surface area contributed by atoms with E-state index in [0.29, 0.717) is 11.6 Å². The fourth-order valence-electron chi connectivity index (χ4n) is 2.66. The van der Waals surface area contributed by atoms with Gasteiger partial charge in [0.1, 0.15) is 5.75 Å². The Morgan fingerprint density at radius 1 is 1.40 bits per heavy atom. The highest BCUT2D eigenvalue weighted by Crippen LogP contribution is 2.21. The average molecular weight is 276 g/mol. The van der Waals surface area contributed by atoms with Gasteiger partial charge in [-0.3, -0.25) is 4.79 Å². The van der Waals surface area contributed by atoms with Crippen molar-refractivity contribution >= 4 is 5.91 Å². The molecule has 1 aromatic carbocycles. The van der Waals surface area contributed by atoms with Gasteiger partial charge in [-0.2, -0.15) is 0 Å². The molecule has 1 heterocycles. The average Bonchev–Trinajstić information content (AvgIpc) is 2.48. The van der Waals surface area contributed by atoms with Crippen molar-refractivity contribution in [3.05, 3.63) is 29.3 Å². The summed E-state index contributed by atoms with van der Waals surface area (Å²) in [5.74, 6) is 0.207. The molecule has 2 unspecified atom stereocenters. The van der Waals surface area contributed by atoms with Gasteiger partial charge >= 0.3 is 0 Å². The molecule has 1 fully saturated rings. The van der Waals surface area contributed by atoms with Crippen molar-refractivity contribution in [3.63, 3.8) is 0 Å². The molecule has 0 bridgehead atoms. The monoisotopic (exact) mass is 276 g/mol. The lowest BCUT2D eigenvalue weighted by Gasteiger charge is -2.40. The zero-order chi connectivity index (χ0) is 14.7. The molecule has 0 radical (unpaired) electrons. The SMILES string of the molecule is CCC1CN(C(=O)c2ccc(C)c(O)c2)C(CC)CN1. The molecule has 110 valence electrons. The van der Waals surface area contributed by atoms with Crippen LogP contribution in [0.4, 0.5) is 0 Å². The summed E-state index contributed by atoms with van der Waals surface area (Å²) < 4.78 is 0. The molecular formula is C16H24N2O2. The zero-order valence-electron chi connectivity index (χ0n) is 12.5. The van der Waals surface area contributed by atoms with Crippen LogP contribution in [0.5, 0.6) is 5.75 Å². The number of hydrogen-bond donors (Lipinski definition) is 2. The topological polar surface area (TPSA) is 52.6 Å². The van der Waals surface area contributed by atoms with Gasteiger partial charge in [0.15, 0.2) is 0 Å². The molecule has 4 heteroatoms. The summed E-state index contributed by atoms with van der Waals surface area (Å²) in [6.07, 6.45) is 1.95. The van der Waals surface area contributed by atoms with Gasteiger partial charge in [0.05, 0.1) is 0 Å². The summed E-state index contributed by atoms with van der Waals surface area (Å²) in [6.45, 7) is 7.65. The van der Waals surface area contributed by atoms with Crippen molar-refractivity contribution in [2.75, 3.05) is 13.1 Å². The van der Waals surface area contributed by atoms with Crippen LogP contribution in [0.25, 0.3) is 0 Å². The lowest BCUT2D eigenvalue weighted by atomic mass is 10.0. The van der Waals surface area contributed by atoms with E-state index in [1.807, 2.05) is 11.8 Å². The van der Waals surface area contributed by atoms with E-state index < -0.39 is 0 Å². The molecule has 1 amide bonds. The van der Waals surface area contributed by atoms with Gasteiger partial charge in [-0.25, -0.2) is 0 Å². The number of carbonyl (C=O) groups excluding carboxylic acids is 1. The minimum absolute atomic E-state index is 0.0205. The molecule has 0 aliphatic carbocycles. The van der Waals surface area contributed by atoms with Crippen LogP contribution in [0, 0.1) is 6.92 Å². The maximum Gasteiger partial charge on any atom is 0.254 e. The van der Waals surface area contributed by atoms with Crippen molar-refractivity contribution in [2.24, 2.45) is 0 Å². The van der Waals surface area contributed by atoms with Crippen molar-refractivity contribution in [1.29, 1.82) is 0 Å². The molecule has 20 heavy (non-hydrogen) atoms. The van der Waals surface area contributed by atoms with E-state index in [9.17, 15) is 9.90 Å². The first-order valence-corrected chi connectivity index (χ1v) is 7.40. The highest BCUT2D eigenvalue weighted by atomic mass is 16.3. The Bertz CT molecular complexity index is 487. The van der Waals surface area contributed by atoms with Gasteiger partial charge in [0.25, 0.3) is 5.91 Å².